The summed E-state index contributed by atoms with van der Waals surface area (Å²) in [7, 11) is 0. The van der Waals surface area contributed by atoms with E-state index in [1.165, 1.54) is 0 Å². The van der Waals surface area contributed by atoms with E-state index in [0.717, 1.165) is 36.0 Å². The maximum absolute atomic E-state index is 5.93. The molecule has 0 aliphatic heterocycles. The maximum Gasteiger partial charge on any atom is 0.156 e. The topological polar surface area (TPSA) is 63.8 Å². The van der Waals surface area contributed by atoms with E-state index in [1.807, 2.05) is 18.2 Å². The smallest absolute Gasteiger partial charge is 0.156 e. The molecule has 0 amide bonds. The molecule has 19 heavy (non-hydrogen) atoms. The quantitative estimate of drug-likeness (QED) is 0.836. The molecule has 1 aromatic carbocycles. The zero-order valence-electron chi connectivity index (χ0n) is 11.7. The Kier molecular flexibility index (Phi) is 4.32. The van der Waals surface area contributed by atoms with Crippen LogP contribution in [0, 0.1) is 5.41 Å². The average Bonchev–Trinajstić information content (AvgIpc) is 2.49. The molecule has 0 bridgehead atoms. The molecule has 0 saturated heterocycles. The van der Waals surface area contributed by atoms with Gasteiger partial charge in [0.1, 0.15) is 0 Å². The van der Waals surface area contributed by atoms with E-state index in [2.05, 4.69) is 35.4 Å². The van der Waals surface area contributed by atoms with Crippen LogP contribution in [0.3, 0.4) is 0 Å². The predicted molar refractivity (Wildman–Crippen MR) is 80.1 cm³/mol. The minimum Gasteiger partial charge on any atom is -0.367 e. The van der Waals surface area contributed by atoms with Crippen LogP contribution in [0.5, 0.6) is 0 Å². The number of benzene rings is 1. The highest BCUT2D eigenvalue weighted by Crippen LogP contribution is 2.26. The summed E-state index contributed by atoms with van der Waals surface area (Å²) in [5, 5.41) is 13.9. The van der Waals surface area contributed by atoms with Crippen molar-refractivity contribution in [3.8, 4) is 0 Å². The van der Waals surface area contributed by atoms with E-state index in [0.29, 0.717) is 6.54 Å². The molecule has 0 atom stereocenters. The molecule has 0 aliphatic rings. The van der Waals surface area contributed by atoms with Crippen LogP contribution in [-0.4, -0.2) is 23.3 Å². The van der Waals surface area contributed by atoms with Crippen LogP contribution >= 0.6 is 0 Å². The fourth-order valence-corrected chi connectivity index (χ4v) is 2.29. The van der Waals surface area contributed by atoms with Crippen molar-refractivity contribution in [2.45, 2.75) is 26.7 Å². The summed E-state index contributed by atoms with van der Waals surface area (Å²) in [6.45, 7) is 5.89. The number of nitrogens with zero attached hydrogens (tertiary/aromatic N) is 2. The van der Waals surface area contributed by atoms with E-state index in [4.69, 9.17) is 5.73 Å². The molecule has 0 spiro atoms. The van der Waals surface area contributed by atoms with Crippen LogP contribution in [0.25, 0.3) is 10.8 Å². The lowest BCUT2D eigenvalue weighted by Gasteiger charge is -2.30. The normalized spacial score (nSPS) is 11.7. The Bertz CT molecular complexity index is 521. The standard InChI is InChI=1S/C15H22N4/c1-3-15(4-2,10-16)11-17-14-13-8-6-5-7-12(13)9-18-19-14/h5-9H,3-4,10-11,16H2,1-2H3,(H,17,19). The number of hydrogen-bond donors (Lipinski definition) is 2. The zero-order chi connectivity index (χ0) is 13.7. The zero-order valence-corrected chi connectivity index (χ0v) is 11.7. The highest BCUT2D eigenvalue weighted by molar-refractivity contribution is 5.90. The number of nitrogens with one attached hydrogen (secondary N) is 1. The SMILES string of the molecule is CCC(CC)(CN)CNc1nncc2ccccc12. The summed E-state index contributed by atoms with van der Waals surface area (Å²) in [6.07, 6.45) is 3.91. The Morgan fingerprint density at radius 3 is 2.63 bits per heavy atom. The van der Waals surface area contributed by atoms with Gasteiger partial charge in [-0.3, -0.25) is 0 Å². The van der Waals surface area contributed by atoms with Crippen molar-refractivity contribution < 1.29 is 0 Å². The van der Waals surface area contributed by atoms with Crippen LogP contribution < -0.4 is 11.1 Å². The Balaban J connectivity index is 2.22. The van der Waals surface area contributed by atoms with Crippen molar-refractivity contribution >= 4 is 16.6 Å². The first-order valence-corrected chi connectivity index (χ1v) is 6.89. The highest BCUT2D eigenvalue weighted by atomic mass is 15.2. The maximum atomic E-state index is 5.93. The minimum absolute atomic E-state index is 0.138. The van der Waals surface area contributed by atoms with E-state index < -0.39 is 0 Å². The lowest BCUT2D eigenvalue weighted by atomic mass is 9.82. The summed E-state index contributed by atoms with van der Waals surface area (Å²) < 4.78 is 0. The van der Waals surface area contributed by atoms with Gasteiger partial charge in [0.15, 0.2) is 5.82 Å². The largest absolute Gasteiger partial charge is 0.367 e. The number of hydrogen-bond acceptors (Lipinski definition) is 4. The molecule has 0 radical (unpaired) electrons. The molecule has 1 aromatic heterocycles. The van der Waals surface area contributed by atoms with Gasteiger partial charge < -0.3 is 11.1 Å². The van der Waals surface area contributed by atoms with Crippen molar-refractivity contribution in [3.63, 3.8) is 0 Å². The van der Waals surface area contributed by atoms with Crippen LogP contribution in [0.15, 0.2) is 30.5 Å². The average molecular weight is 258 g/mol. The Morgan fingerprint density at radius 2 is 1.95 bits per heavy atom. The second-order valence-corrected chi connectivity index (χ2v) is 5.05. The summed E-state index contributed by atoms with van der Waals surface area (Å²) in [5.41, 5.74) is 6.07. The van der Waals surface area contributed by atoms with Gasteiger partial charge in [-0.05, 0) is 24.8 Å². The number of nitrogens with two attached hydrogens (primary N) is 1. The van der Waals surface area contributed by atoms with Crippen LogP contribution in [0.4, 0.5) is 5.82 Å². The summed E-state index contributed by atoms with van der Waals surface area (Å²) >= 11 is 0. The van der Waals surface area contributed by atoms with E-state index in [9.17, 15) is 0 Å². The van der Waals surface area contributed by atoms with E-state index in [-0.39, 0.29) is 5.41 Å². The summed E-state index contributed by atoms with van der Waals surface area (Å²) in [6, 6.07) is 8.14. The van der Waals surface area contributed by atoms with Crippen LogP contribution in [0.1, 0.15) is 26.7 Å². The molecule has 0 unspecified atom stereocenters. The van der Waals surface area contributed by atoms with Crippen LogP contribution in [0.2, 0.25) is 0 Å². The second-order valence-electron chi connectivity index (χ2n) is 5.05. The highest BCUT2D eigenvalue weighted by Gasteiger charge is 2.24. The number of rotatable bonds is 6. The van der Waals surface area contributed by atoms with Gasteiger partial charge in [0, 0.05) is 17.3 Å². The molecule has 0 aliphatic carbocycles. The van der Waals surface area contributed by atoms with Gasteiger partial charge in [-0.25, -0.2) is 0 Å². The van der Waals surface area contributed by atoms with Crippen molar-refractivity contribution in [3.05, 3.63) is 30.5 Å². The number of anilines is 1. The van der Waals surface area contributed by atoms with Gasteiger partial charge in [0.05, 0.1) is 6.20 Å². The van der Waals surface area contributed by atoms with Crippen LogP contribution in [-0.2, 0) is 0 Å². The first kappa shape index (κ1) is 13.7. The Hall–Kier alpha value is -1.68. The lowest BCUT2D eigenvalue weighted by molar-refractivity contribution is 0.294. The third-order valence-electron chi connectivity index (χ3n) is 4.13. The second kappa shape index (κ2) is 5.97. The molecular formula is C15H22N4. The van der Waals surface area contributed by atoms with E-state index in [1.54, 1.807) is 6.20 Å². The number of fused-ring (bicyclic) bond motifs is 1. The molecule has 2 rings (SSSR count). The van der Waals surface area contributed by atoms with Gasteiger partial charge >= 0.3 is 0 Å². The van der Waals surface area contributed by atoms with Crippen molar-refractivity contribution in [1.82, 2.24) is 10.2 Å². The van der Waals surface area contributed by atoms with E-state index >= 15 is 0 Å². The minimum atomic E-state index is 0.138. The predicted octanol–water partition coefficient (Wildman–Crippen LogP) is 2.81. The molecule has 102 valence electrons. The third-order valence-corrected chi connectivity index (χ3v) is 4.13. The molecule has 3 N–H and O–H groups in total. The first-order chi connectivity index (χ1) is 9.24. The monoisotopic (exact) mass is 258 g/mol. The third kappa shape index (κ3) is 2.84. The van der Waals surface area contributed by atoms with Gasteiger partial charge in [0.2, 0.25) is 0 Å². The van der Waals surface area contributed by atoms with Crippen molar-refractivity contribution in [2.24, 2.45) is 11.1 Å². The molecule has 4 nitrogen and oxygen atoms in total. The van der Waals surface area contributed by atoms with Gasteiger partial charge in [0.25, 0.3) is 0 Å². The van der Waals surface area contributed by atoms with Gasteiger partial charge in [-0.2, -0.15) is 5.10 Å². The molecule has 2 aromatic rings. The number of aromatic nitrogens is 2. The Labute approximate surface area is 114 Å². The Morgan fingerprint density at radius 1 is 1.21 bits per heavy atom. The first-order valence-electron chi connectivity index (χ1n) is 6.89. The fraction of sp³-hybridized carbons (Fsp3) is 0.467. The van der Waals surface area contributed by atoms with Gasteiger partial charge in [-0.1, -0.05) is 38.1 Å². The van der Waals surface area contributed by atoms with Crippen molar-refractivity contribution in [2.75, 3.05) is 18.4 Å². The molecule has 0 fully saturated rings. The molecular weight excluding hydrogens is 236 g/mol. The summed E-state index contributed by atoms with van der Waals surface area (Å²) in [4.78, 5) is 0. The molecule has 0 saturated carbocycles. The summed E-state index contributed by atoms with van der Waals surface area (Å²) in [5.74, 6) is 0.845. The van der Waals surface area contributed by atoms with Crippen molar-refractivity contribution in [1.29, 1.82) is 0 Å². The van der Waals surface area contributed by atoms with Gasteiger partial charge in [-0.15, -0.1) is 5.10 Å². The fourth-order valence-electron chi connectivity index (χ4n) is 2.29. The lowest BCUT2D eigenvalue weighted by Crippen LogP contribution is -2.36. The molecule has 1 heterocycles. The molecule has 4 heteroatoms.